The van der Waals surface area contributed by atoms with Gasteiger partial charge in [-0.1, -0.05) is 6.07 Å². The van der Waals surface area contributed by atoms with Crippen LogP contribution in [0, 0.1) is 13.8 Å². The molecule has 1 spiro atoms. The van der Waals surface area contributed by atoms with Crippen molar-refractivity contribution in [1.29, 1.82) is 0 Å². The van der Waals surface area contributed by atoms with E-state index in [1.807, 2.05) is 19.9 Å². The van der Waals surface area contributed by atoms with Crippen LogP contribution in [0.15, 0.2) is 12.3 Å². The normalized spacial score (nSPS) is 24.2. The Morgan fingerprint density at radius 3 is 2.89 bits per heavy atom. The quantitative estimate of drug-likeness (QED) is 0.850. The second-order valence-corrected chi connectivity index (χ2v) is 5.93. The number of carbonyl (C=O) groups is 1. The van der Waals surface area contributed by atoms with E-state index in [-0.39, 0.29) is 17.5 Å². The number of aryl methyl sites for hydroxylation is 2. The van der Waals surface area contributed by atoms with E-state index in [9.17, 15) is 4.79 Å². The third kappa shape index (κ3) is 2.14. The predicted molar refractivity (Wildman–Crippen MR) is 74.2 cm³/mol. The number of pyridine rings is 1. The topological polar surface area (TPSA) is 54.0 Å². The van der Waals surface area contributed by atoms with E-state index in [0.29, 0.717) is 5.69 Å². The first-order valence-electron chi connectivity index (χ1n) is 7.10. The van der Waals surface area contributed by atoms with Crippen molar-refractivity contribution in [2.45, 2.75) is 51.1 Å². The van der Waals surface area contributed by atoms with Crippen LogP contribution in [0.3, 0.4) is 0 Å². The number of aromatic nitrogens is 1. The van der Waals surface area contributed by atoms with Crippen molar-refractivity contribution >= 4 is 5.91 Å². The molecule has 19 heavy (non-hydrogen) atoms. The maximum absolute atomic E-state index is 12.4. The third-order valence-corrected chi connectivity index (χ3v) is 4.56. The van der Waals surface area contributed by atoms with Crippen LogP contribution in [0.25, 0.3) is 0 Å². The fourth-order valence-corrected chi connectivity index (χ4v) is 3.34. The number of hydrogen-bond donors (Lipinski definition) is 2. The molecule has 1 unspecified atom stereocenters. The number of rotatable bonds is 2. The van der Waals surface area contributed by atoms with Crippen LogP contribution < -0.4 is 10.6 Å². The first kappa shape index (κ1) is 12.6. The molecule has 1 saturated heterocycles. The standard InChI is InChI=1S/C15H21N3O/c1-10-8-11(2)13(16-9-10)14(19)18-12-4-7-17-15(12)5-3-6-15/h8-9,12,17H,3-7H2,1-2H3,(H,18,19). The minimum absolute atomic E-state index is 0.0301. The lowest BCUT2D eigenvalue weighted by atomic mass is 9.73. The summed E-state index contributed by atoms with van der Waals surface area (Å²) in [5.41, 5.74) is 2.78. The Hall–Kier alpha value is -1.42. The van der Waals surface area contributed by atoms with Crippen molar-refractivity contribution in [3.05, 3.63) is 29.1 Å². The Labute approximate surface area is 114 Å². The highest BCUT2D eigenvalue weighted by molar-refractivity contribution is 5.94. The van der Waals surface area contributed by atoms with Gasteiger partial charge >= 0.3 is 0 Å². The fourth-order valence-electron chi connectivity index (χ4n) is 3.34. The summed E-state index contributed by atoms with van der Waals surface area (Å²) in [6, 6.07) is 2.27. The molecule has 1 aromatic rings. The first-order valence-corrected chi connectivity index (χ1v) is 7.10. The van der Waals surface area contributed by atoms with E-state index in [2.05, 4.69) is 15.6 Å². The van der Waals surface area contributed by atoms with Crippen LogP contribution in [0.1, 0.15) is 47.3 Å². The Morgan fingerprint density at radius 1 is 1.47 bits per heavy atom. The van der Waals surface area contributed by atoms with Crippen LogP contribution >= 0.6 is 0 Å². The fraction of sp³-hybridized carbons (Fsp3) is 0.600. The molecule has 1 atom stereocenters. The van der Waals surface area contributed by atoms with Gasteiger partial charge in [0.1, 0.15) is 5.69 Å². The summed E-state index contributed by atoms with van der Waals surface area (Å²) >= 11 is 0. The van der Waals surface area contributed by atoms with Gasteiger partial charge in [0.2, 0.25) is 0 Å². The van der Waals surface area contributed by atoms with Crippen molar-refractivity contribution in [2.24, 2.45) is 0 Å². The minimum atomic E-state index is -0.0301. The zero-order valence-electron chi connectivity index (χ0n) is 11.6. The van der Waals surface area contributed by atoms with Crippen LogP contribution in [0.4, 0.5) is 0 Å². The van der Waals surface area contributed by atoms with Gasteiger partial charge in [0.05, 0.1) is 0 Å². The molecule has 1 aliphatic heterocycles. The van der Waals surface area contributed by atoms with E-state index in [1.54, 1.807) is 6.20 Å². The number of amides is 1. The number of nitrogens with zero attached hydrogens (tertiary/aromatic N) is 1. The number of nitrogens with one attached hydrogen (secondary N) is 2. The molecule has 2 aliphatic rings. The molecule has 0 bridgehead atoms. The Balaban J connectivity index is 1.74. The van der Waals surface area contributed by atoms with Gasteiger partial charge in [-0.3, -0.25) is 9.78 Å². The van der Waals surface area contributed by atoms with Crippen LogP contribution in [-0.4, -0.2) is 29.0 Å². The lowest BCUT2D eigenvalue weighted by Crippen LogP contribution is -2.59. The molecule has 0 aromatic carbocycles. The maximum Gasteiger partial charge on any atom is 0.270 e. The average molecular weight is 259 g/mol. The zero-order chi connectivity index (χ0) is 13.5. The average Bonchev–Trinajstić information content (AvgIpc) is 2.72. The van der Waals surface area contributed by atoms with Crippen molar-refractivity contribution < 1.29 is 4.79 Å². The molecule has 1 aliphatic carbocycles. The van der Waals surface area contributed by atoms with Gasteiger partial charge in [0, 0.05) is 17.8 Å². The highest BCUT2D eigenvalue weighted by Crippen LogP contribution is 2.39. The summed E-state index contributed by atoms with van der Waals surface area (Å²) in [6.45, 7) is 4.94. The molecule has 1 amide bonds. The van der Waals surface area contributed by atoms with Crippen molar-refractivity contribution in [3.63, 3.8) is 0 Å². The van der Waals surface area contributed by atoms with Crippen LogP contribution in [0.2, 0.25) is 0 Å². The second-order valence-electron chi connectivity index (χ2n) is 5.93. The van der Waals surface area contributed by atoms with Gasteiger partial charge in [-0.15, -0.1) is 0 Å². The van der Waals surface area contributed by atoms with Gasteiger partial charge < -0.3 is 10.6 Å². The highest BCUT2D eigenvalue weighted by Gasteiger charge is 2.47. The van der Waals surface area contributed by atoms with Gasteiger partial charge in [-0.2, -0.15) is 0 Å². The van der Waals surface area contributed by atoms with E-state index in [1.165, 1.54) is 19.3 Å². The molecule has 2 heterocycles. The lowest BCUT2D eigenvalue weighted by Gasteiger charge is -2.43. The van der Waals surface area contributed by atoms with Gasteiger partial charge in [-0.05, 0) is 57.2 Å². The predicted octanol–water partition coefficient (Wildman–Crippen LogP) is 1.71. The molecular formula is C15H21N3O. The van der Waals surface area contributed by atoms with E-state index in [4.69, 9.17) is 0 Å². The van der Waals surface area contributed by atoms with Crippen LogP contribution in [-0.2, 0) is 0 Å². The molecule has 4 nitrogen and oxygen atoms in total. The van der Waals surface area contributed by atoms with Crippen molar-refractivity contribution in [3.8, 4) is 0 Å². The molecule has 0 radical (unpaired) electrons. The molecule has 2 fully saturated rings. The second kappa shape index (κ2) is 4.60. The van der Waals surface area contributed by atoms with E-state index < -0.39 is 0 Å². The third-order valence-electron chi connectivity index (χ3n) is 4.56. The van der Waals surface area contributed by atoms with E-state index in [0.717, 1.165) is 24.1 Å². The summed E-state index contributed by atoms with van der Waals surface area (Å²) in [6.07, 6.45) is 6.41. The molecular weight excluding hydrogens is 238 g/mol. The lowest BCUT2D eigenvalue weighted by molar-refractivity contribution is 0.0876. The molecule has 3 rings (SSSR count). The molecule has 102 valence electrons. The zero-order valence-corrected chi connectivity index (χ0v) is 11.6. The highest BCUT2D eigenvalue weighted by atomic mass is 16.2. The van der Waals surface area contributed by atoms with Gasteiger partial charge in [0.15, 0.2) is 0 Å². The summed E-state index contributed by atoms with van der Waals surface area (Å²) < 4.78 is 0. The maximum atomic E-state index is 12.4. The Morgan fingerprint density at radius 2 is 2.26 bits per heavy atom. The minimum Gasteiger partial charge on any atom is -0.346 e. The SMILES string of the molecule is Cc1cnc(C(=O)NC2CCNC23CCC3)c(C)c1. The monoisotopic (exact) mass is 259 g/mol. The Kier molecular flexibility index (Phi) is 3.05. The largest absolute Gasteiger partial charge is 0.346 e. The smallest absolute Gasteiger partial charge is 0.270 e. The first-order chi connectivity index (χ1) is 9.11. The Bertz CT molecular complexity index is 508. The molecule has 1 saturated carbocycles. The molecule has 2 N–H and O–H groups in total. The summed E-state index contributed by atoms with van der Waals surface area (Å²) in [7, 11) is 0. The van der Waals surface area contributed by atoms with Crippen LogP contribution in [0.5, 0.6) is 0 Å². The summed E-state index contributed by atoms with van der Waals surface area (Å²) in [5.74, 6) is -0.0301. The number of hydrogen-bond acceptors (Lipinski definition) is 3. The summed E-state index contributed by atoms with van der Waals surface area (Å²) in [4.78, 5) is 16.6. The molecule has 1 aromatic heterocycles. The van der Waals surface area contributed by atoms with Gasteiger partial charge in [0.25, 0.3) is 5.91 Å². The van der Waals surface area contributed by atoms with E-state index >= 15 is 0 Å². The van der Waals surface area contributed by atoms with Crippen molar-refractivity contribution in [1.82, 2.24) is 15.6 Å². The number of carbonyl (C=O) groups excluding carboxylic acids is 1. The van der Waals surface area contributed by atoms with Crippen molar-refractivity contribution in [2.75, 3.05) is 6.54 Å². The van der Waals surface area contributed by atoms with Gasteiger partial charge in [-0.25, -0.2) is 0 Å². The molecule has 4 heteroatoms. The summed E-state index contributed by atoms with van der Waals surface area (Å²) in [5, 5.41) is 6.75.